The SMILES string of the molecule is C[C@@H]1CN(C(=O)O)C[C@H](C(=O)NC2CN(C(=O)OC(C)(C)C)CC2F)O1. The Morgan fingerprint density at radius 1 is 1.15 bits per heavy atom. The molecule has 2 aliphatic rings. The highest BCUT2D eigenvalue weighted by molar-refractivity contribution is 5.82. The van der Waals surface area contributed by atoms with Gasteiger partial charge in [-0.1, -0.05) is 0 Å². The molecule has 9 nitrogen and oxygen atoms in total. The fourth-order valence-electron chi connectivity index (χ4n) is 2.90. The second-order valence-corrected chi connectivity index (χ2v) is 7.64. The molecular weight excluding hydrogens is 349 g/mol. The van der Waals surface area contributed by atoms with Crippen LogP contribution >= 0.6 is 0 Å². The van der Waals surface area contributed by atoms with Crippen molar-refractivity contribution in [2.45, 2.75) is 57.7 Å². The van der Waals surface area contributed by atoms with Crippen molar-refractivity contribution in [3.05, 3.63) is 0 Å². The van der Waals surface area contributed by atoms with Gasteiger partial charge in [0, 0.05) is 6.54 Å². The van der Waals surface area contributed by atoms with E-state index in [0.717, 1.165) is 4.90 Å². The number of amides is 3. The molecule has 3 amide bonds. The first-order valence-corrected chi connectivity index (χ1v) is 8.52. The number of alkyl halides is 1. The molecule has 0 aromatic rings. The fourth-order valence-corrected chi connectivity index (χ4v) is 2.90. The molecule has 0 saturated carbocycles. The van der Waals surface area contributed by atoms with E-state index in [1.807, 2.05) is 0 Å². The molecular formula is C16H26FN3O6. The minimum atomic E-state index is -1.44. The van der Waals surface area contributed by atoms with Crippen molar-refractivity contribution in [2.24, 2.45) is 0 Å². The van der Waals surface area contributed by atoms with Gasteiger partial charge in [0.2, 0.25) is 0 Å². The van der Waals surface area contributed by atoms with Crippen molar-refractivity contribution < 1.29 is 33.4 Å². The largest absolute Gasteiger partial charge is 0.465 e. The van der Waals surface area contributed by atoms with Gasteiger partial charge in [-0.25, -0.2) is 14.0 Å². The van der Waals surface area contributed by atoms with E-state index < -0.39 is 48.1 Å². The van der Waals surface area contributed by atoms with Gasteiger partial charge in [-0.2, -0.15) is 0 Å². The van der Waals surface area contributed by atoms with Crippen LogP contribution in [-0.2, 0) is 14.3 Å². The molecule has 2 heterocycles. The smallest absolute Gasteiger partial charge is 0.410 e. The van der Waals surface area contributed by atoms with E-state index in [2.05, 4.69) is 5.32 Å². The Balaban J connectivity index is 1.92. The number of halogens is 1. The van der Waals surface area contributed by atoms with Gasteiger partial charge < -0.3 is 29.7 Å². The fraction of sp³-hybridized carbons (Fsp3) is 0.812. The van der Waals surface area contributed by atoms with Crippen LogP contribution in [0.15, 0.2) is 0 Å². The van der Waals surface area contributed by atoms with E-state index in [9.17, 15) is 18.8 Å². The number of morpholine rings is 1. The predicted molar refractivity (Wildman–Crippen MR) is 88.6 cm³/mol. The van der Waals surface area contributed by atoms with Crippen molar-refractivity contribution >= 4 is 18.1 Å². The summed E-state index contributed by atoms with van der Waals surface area (Å²) in [6, 6.07) is -0.894. The summed E-state index contributed by atoms with van der Waals surface area (Å²) in [5.41, 5.74) is -0.698. The second-order valence-electron chi connectivity index (χ2n) is 7.64. The van der Waals surface area contributed by atoms with Crippen LogP contribution in [0.2, 0.25) is 0 Å². The topological polar surface area (TPSA) is 108 Å². The van der Waals surface area contributed by atoms with E-state index in [-0.39, 0.29) is 26.2 Å². The summed E-state index contributed by atoms with van der Waals surface area (Å²) >= 11 is 0. The molecule has 2 unspecified atom stereocenters. The molecule has 2 N–H and O–H groups in total. The number of carbonyl (C=O) groups excluding carboxylic acids is 2. The molecule has 2 saturated heterocycles. The lowest BCUT2D eigenvalue weighted by molar-refractivity contribution is -0.144. The maximum absolute atomic E-state index is 14.2. The Hall–Kier alpha value is -2.10. The highest BCUT2D eigenvalue weighted by Gasteiger charge is 2.40. The van der Waals surface area contributed by atoms with Gasteiger partial charge in [0.05, 0.1) is 31.8 Å². The summed E-state index contributed by atoms with van der Waals surface area (Å²) in [4.78, 5) is 37.8. The molecule has 0 aromatic carbocycles. The summed E-state index contributed by atoms with van der Waals surface area (Å²) in [5, 5.41) is 11.6. The van der Waals surface area contributed by atoms with E-state index in [0.29, 0.717) is 0 Å². The lowest BCUT2D eigenvalue weighted by atomic mass is 10.2. The molecule has 2 fully saturated rings. The number of nitrogens with one attached hydrogen (secondary N) is 1. The third kappa shape index (κ3) is 5.20. The van der Waals surface area contributed by atoms with E-state index >= 15 is 0 Å². The van der Waals surface area contributed by atoms with E-state index in [1.54, 1.807) is 27.7 Å². The Kier molecular flexibility index (Phi) is 5.94. The number of carboxylic acid groups (broad SMARTS) is 1. The van der Waals surface area contributed by atoms with Crippen LogP contribution < -0.4 is 5.32 Å². The minimum absolute atomic E-state index is 0.0211. The normalized spacial score (nSPS) is 29.4. The Bertz CT molecular complexity index is 567. The maximum atomic E-state index is 14.2. The van der Waals surface area contributed by atoms with Crippen LogP contribution in [-0.4, -0.2) is 89.2 Å². The summed E-state index contributed by atoms with van der Waals surface area (Å²) in [5.74, 6) is -0.596. The summed E-state index contributed by atoms with van der Waals surface area (Å²) < 4.78 is 24.9. The van der Waals surface area contributed by atoms with Gasteiger partial charge >= 0.3 is 12.2 Å². The third-order valence-electron chi connectivity index (χ3n) is 4.05. The standard InChI is InChI=1S/C16H26FN3O6/c1-9-5-19(14(22)23)8-12(25-9)13(21)18-11-7-20(6-10(11)17)15(24)26-16(2,3)4/h9-12H,5-8H2,1-4H3,(H,18,21)(H,22,23)/t9-,10?,11?,12-/m1/s1. The molecule has 0 aliphatic carbocycles. The summed E-state index contributed by atoms with van der Waals surface area (Å²) in [6.07, 6.45) is -4.69. The average Bonchev–Trinajstić information content (AvgIpc) is 2.86. The Morgan fingerprint density at radius 3 is 2.38 bits per heavy atom. The Morgan fingerprint density at radius 2 is 1.81 bits per heavy atom. The van der Waals surface area contributed by atoms with E-state index in [4.69, 9.17) is 14.6 Å². The molecule has 0 aromatic heterocycles. The van der Waals surface area contributed by atoms with Crippen LogP contribution in [0.5, 0.6) is 0 Å². The number of rotatable bonds is 2. The number of carbonyl (C=O) groups is 3. The molecule has 0 radical (unpaired) electrons. The maximum Gasteiger partial charge on any atom is 0.410 e. The highest BCUT2D eigenvalue weighted by Crippen LogP contribution is 2.19. The number of hydrogen-bond donors (Lipinski definition) is 2. The van der Waals surface area contributed by atoms with Crippen molar-refractivity contribution in [3.8, 4) is 0 Å². The first-order chi connectivity index (χ1) is 12.0. The predicted octanol–water partition coefficient (Wildman–Crippen LogP) is 0.827. The highest BCUT2D eigenvalue weighted by atomic mass is 19.1. The first kappa shape index (κ1) is 20.2. The Labute approximate surface area is 151 Å². The zero-order valence-electron chi connectivity index (χ0n) is 15.4. The quantitative estimate of drug-likeness (QED) is 0.740. The number of hydrogen-bond acceptors (Lipinski definition) is 5. The molecule has 148 valence electrons. The zero-order chi connectivity index (χ0) is 19.6. The van der Waals surface area contributed by atoms with Crippen molar-refractivity contribution in [1.82, 2.24) is 15.1 Å². The van der Waals surface area contributed by atoms with Crippen LogP contribution in [0, 0.1) is 0 Å². The van der Waals surface area contributed by atoms with Gasteiger partial charge in [-0.15, -0.1) is 0 Å². The van der Waals surface area contributed by atoms with Crippen LogP contribution in [0.3, 0.4) is 0 Å². The van der Waals surface area contributed by atoms with Gasteiger partial charge in [-0.3, -0.25) is 4.79 Å². The number of nitrogens with zero attached hydrogens (tertiary/aromatic N) is 2. The summed E-state index contributed by atoms with van der Waals surface area (Å²) in [6.45, 7) is 6.64. The molecule has 2 rings (SSSR count). The average molecular weight is 375 g/mol. The van der Waals surface area contributed by atoms with E-state index in [1.165, 1.54) is 4.90 Å². The minimum Gasteiger partial charge on any atom is -0.465 e. The van der Waals surface area contributed by atoms with Crippen LogP contribution in [0.25, 0.3) is 0 Å². The lowest BCUT2D eigenvalue weighted by Gasteiger charge is -2.34. The van der Waals surface area contributed by atoms with Crippen molar-refractivity contribution in [3.63, 3.8) is 0 Å². The zero-order valence-corrected chi connectivity index (χ0v) is 15.4. The van der Waals surface area contributed by atoms with Gasteiger partial charge in [0.1, 0.15) is 11.8 Å². The number of ether oxygens (including phenoxy) is 2. The molecule has 4 atom stereocenters. The van der Waals surface area contributed by atoms with Gasteiger partial charge in [-0.05, 0) is 27.7 Å². The number of likely N-dealkylation sites (tertiary alicyclic amines) is 1. The van der Waals surface area contributed by atoms with Crippen molar-refractivity contribution in [1.29, 1.82) is 0 Å². The molecule has 0 bridgehead atoms. The van der Waals surface area contributed by atoms with Crippen molar-refractivity contribution in [2.75, 3.05) is 26.2 Å². The van der Waals surface area contributed by atoms with Crippen LogP contribution in [0.1, 0.15) is 27.7 Å². The first-order valence-electron chi connectivity index (χ1n) is 8.52. The molecule has 2 aliphatic heterocycles. The molecule has 26 heavy (non-hydrogen) atoms. The monoisotopic (exact) mass is 375 g/mol. The second kappa shape index (κ2) is 7.65. The van der Waals surface area contributed by atoms with Crippen LogP contribution in [0.4, 0.5) is 14.0 Å². The summed E-state index contributed by atoms with van der Waals surface area (Å²) in [7, 11) is 0. The molecule has 0 spiro atoms. The van der Waals surface area contributed by atoms with Gasteiger partial charge in [0.25, 0.3) is 5.91 Å². The lowest BCUT2D eigenvalue weighted by Crippen LogP contribution is -2.56. The third-order valence-corrected chi connectivity index (χ3v) is 4.05. The van der Waals surface area contributed by atoms with Gasteiger partial charge in [0.15, 0.2) is 6.10 Å². The molecule has 10 heteroatoms.